The van der Waals surface area contributed by atoms with Gasteiger partial charge in [0, 0.05) is 6.54 Å². The van der Waals surface area contributed by atoms with Crippen molar-refractivity contribution < 1.29 is 14.3 Å². The van der Waals surface area contributed by atoms with Crippen molar-refractivity contribution in [1.82, 2.24) is 4.90 Å². The van der Waals surface area contributed by atoms with Crippen LogP contribution in [0.3, 0.4) is 0 Å². The van der Waals surface area contributed by atoms with Crippen molar-refractivity contribution in [3.8, 4) is 0 Å². The van der Waals surface area contributed by atoms with Gasteiger partial charge in [0.15, 0.2) is 0 Å². The van der Waals surface area contributed by atoms with Crippen molar-refractivity contribution in [2.75, 3.05) is 20.6 Å². The predicted molar refractivity (Wildman–Crippen MR) is 106 cm³/mol. The number of hydrogen-bond donors (Lipinski definition) is 1. The van der Waals surface area contributed by atoms with E-state index < -0.39 is 5.97 Å². The zero-order valence-corrected chi connectivity index (χ0v) is 15.9. The Morgan fingerprint density at radius 3 is 2.70 bits per heavy atom. The number of nitrogens with zero attached hydrogens (tertiary/aromatic N) is 1. The fourth-order valence-corrected chi connectivity index (χ4v) is 4.07. The molecule has 4 heteroatoms. The number of rotatable bonds is 5. The molecule has 0 radical (unpaired) electrons. The Bertz CT molecular complexity index is 844. The lowest BCUT2D eigenvalue weighted by Crippen LogP contribution is -2.29. The summed E-state index contributed by atoms with van der Waals surface area (Å²) in [6, 6.07) is 14.0. The summed E-state index contributed by atoms with van der Waals surface area (Å²) in [4.78, 5) is 13.4. The second kappa shape index (κ2) is 8.49. The van der Waals surface area contributed by atoms with Crippen LogP contribution in [0, 0.1) is 11.7 Å². The molecule has 1 N–H and O–H groups in total. The summed E-state index contributed by atoms with van der Waals surface area (Å²) in [5, 5.41) is 9.19. The van der Waals surface area contributed by atoms with Gasteiger partial charge in [0.05, 0.1) is 5.56 Å². The maximum Gasteiger partial charge on any atom is 0.335 e. The van der Waals surface area contributed by atoms with Crippen LogP contribution in [0.4, 0.5) is 4.39 Å². The molecule has 2 aromatic carbocycles. The first kappa shape index (κ1) is 19.3. The van der Waals surface area contributed by atoms with Crippen molar-refractivity contribution in [3.05, 3.63) is 76.6 Å². The van der Waals surface area contributed by atoms with Crippen molar-refractivity contribution in [3.63, 3.8) is 0 Å². The van der Waals surface area contributed by atoms with E-state index in [0.29, 0.717) is 11.5 Å². The first-order chi connectivity index (χ1) is 12.9. The standard InChI is InChI=1S/C23H26FNO2/c1-25(2)15-20-10-9-17(11-16-5-3-7-19(12-16)23(26)27)13-22(20)18-6-4-8-21(24)14-18/h3-8,11-12,14,20,22H,9-10,13,15H2,1-2H3,(H,26,27)/b17-11-. The van der Waals surface area contributed by atoms with Crippen LogP contribution in [0.1, 0.15) is 46.7 Å². The molecule has 2 aromatic rings. The predicted octanol–water partition coefficient (Wildman–Crippen LogP) is 5.05. The van der Waals surface area contributed by atoms with Gasteiger partial charge in [0.2, 0.25) is 0 Å². The van der Waals surface area contributed by atoms with Crippen LogP contribution in [0.15, 0.2) is 54.1 Å². The normalized spacial score (nSPS) is 21.6. The van der Waals surface area contributed by atoms with E-state index in [4.69, 9.17) is 0 Å². The SMILES string of the molecule is CN(C)CC1CC/C(=C/c2cccc(C(=O)O)c2)CC1c1cccc(F)c1. The molecule has 0 amide bonds. The molecule has 0 aromatic heterocycles. The van der Waals surface area contributed by atoms with Gasteiger partial charge in [-0.25, -0.2) is 9.18 Å². The van der Waals surface area contributed by atoms with Gasteiger partial charge in [-0.2, -0.15) is 0 Å². The minimum Gasteiger partial charge on any atom is -0.478 e. The van der Waals surface area contributed by atoms with Crippen LogP contribution in [0.25, 0.3) is 6.08 Å². The Morgan fingerprint density at radius 1 is 1.22 bits per heavy atom. The highest BCUT2D eigenvalue weighted by molar-refractivity contribution is 5.88. The molecule has 2 atom stereocenters. The molecule has 0 aliphatic heterocycles. The zero-order valence-electron chi connectivity index (χ0n) is 15.9. The number of benzene rings is 2. The largest absolute Gasteiger partial charge is 0.478 e. The average Bonchev–Trinajstić information content (AvgIpc) is 2.63. The lowest BCUT2D eigenvalue weighted by atomic mass is 9.73. The zero-order chi connectivity index (χ0) is 19.4. The van der Waals surface area contributed by atoms with Gasteiger partial charge in [-0.15, -0.1) is 0 Å². The summed E-state index contributed by atoms with van der Waals surface area (Å²) in [6.07, 6.45) is 5.01. The van der Waals surface area contributed by atoms with Crippen molar-refractivity contribution in [1.29, 1.82) is 0 Å². The summed E-state index contributed by atoms with van der Waals surface area (Å²) in [7, 11) is 4.15. The Morgan fingerprint density at radius 2 is 2.00 bits per heavy atom. The van der Waals surface area contributed by atoms with Crippen LogP contribution >= 0.6 is 0 Å². The number of carboxylic acids is 1. The number of hydrogen-bond acceptors (Lipinski definition) is 2. The molecule has 0 heterocycles. The second-order valence-electron chi connectivity index (χ2n) is 7.66. The monoisotopic (exact) mass is 367 g/mol. The van der Waals surface area contributed by atoms with E-state index in [1.807, 2.05) is 12.1 Å². The summed E-state index contributed by atoms with van der Waals surface area (Å²) in [5.74, 6) is -0.362. The van der Waals surface area contributed by atoms with E-state index in [0.717, 1.165) is 36.9 Å². The topological polar surface area (TPSA) is 40.5 Å². The minimum absolute atomic E-state index is 0.193. The Hall–Kier alpha value is -2.46. The van der Waals surface area contributed by atoms with Crippen molar-refractivity contribution in [2.45, 2.75) is 25.2 Å². The molecule has 142 valence electrons. The highest BCUT2D eigenvalue weighted by atomic mass is 19.1. The highest BCUT2D eigenvalue weighted by Gasteiger charge is 2.29. The molecule has 0 spiro atoms. The van der Waals surface area contributed by atoms with Gasteiger partial charge in [-0.3, -0.25) is 0 Å². The van der Waals surface area contributed by atoms with Crippen LogP contribution in [0.5, 0.6) is 0 Å². The number of aromatic carboxylic acids is 1. The van der Waals surface area contributed by atoms with E-state index in [-0.39, 0.29) is 11.7 Å². The van der Waals surface area contributed by atoms with Crippen LogP contribution < -0.4 is 0 Å². The molecule has 2 unspecified atom stereocenters. The first-order valence-corrected chi connectivity index (χ1v) is 9.35. The maximum absolute atomic E-state index is 13.8. The molecular weight excluding hydrogens is 341 g/mol. The molecule has 1 fully saturated rings. The molecule has 1 aliphatic carbocycles. The molecular formula is C23H26FNO2. The van der Waals surface area contributed by atoms with Crippen molar-refractivity contribution >= 4 is 12.0 Å². The van der Waals surface area contributed by atoms with E-state index in [1.54, 1.807) is 30.3 Å². The quantitative estimate of drug-likeness (QED) is 0.804. The molecule has 3 nitrogen and oxygen atoms in total. The summed E-state index contributed by atoms with van der Waals surface area (Å²) in [6.45, 7) is 0.975. The maximum atomic E-state index is 13.8. The second-order valence-corrected chi connectivity index (χ2v) is 7.66. The Labute approximate surface area is 160 Å². The van der Waals surface area contributed by atoms with E-state index >= 15 is 0 Å². The highest BCUT2D eigenvalue weighted by Crippen LogP contribution is 2.41. The number of allylic oxidation sites excluding steroid dienone is 1. The van der Waals surface area contributed by atoms with Gasteiger partial charge in [-0.1, -0.05) is 35.9 Å². The fraction of sp³-hybridized carbons (Fsp3) is 0.348. The summed E-state index contributed by atoms with van der Waals surface area (Å²) in [5.41, 5.74) is 3.55. The van der Waals surface area contributed by atoms with Crippen LogP contribution in [0.2, 0.25) is 0 Å². The molecule has 0 bridgehead atoms. The van der Waals surface area contributed by atoms with Crippen LogP contribution in [-0.2, 0) is 0 Å². The summed E-state index contributed by atoms with van der Waals surface area (Å²) < 4.78 is 13.8. The third-order valence-electron chi connectivity index (χ3n) is 5.27. The lowest BCUT2D eigenvalue weighted by Gasteiger charge is -2.35. The van der Waals surface area contributed by atoms with E-state index in [1.165, 1.54) is 11.6 Å². The van der Waals surface area contributed by atoms with E-state index in [2.05, 4.69) is 25.1 Å². The third kappa shape index (κ3) is 5.04. The molecule has 1 saturated carbocycles. The number of halogens is 1. The fourth-order valence-electron chi connectivity index (χ4n) is 4.07. The molecule has 27 heavy (non-hydrogen) atoms. The molecule has 1 aliphatic rings. The molecule has 3 rings (SSSR count). The third-order valence-corrected chi connectivity index (χ3v) is 5.27. The average molecular weight is 367 g/mol. The van der Waals surface area contributed by atoms with Crippen LogP contribution in [-0.4, -0.2) is 36.6 Å². The van der Waals surface area contributed by atoms with Gasteiger partial charge >= 0.3 is 5.97 Å². The molecule has 0 saturated heterocycles. The lowest BCUT2D eigenvalue weighted by molar-refractivity contribution is 0.0697. The van der Waals surface area contributed by atoms with Gasteiger partial charge in [0.1, 0.15) is 5.82 Å². The van der Waals surface area contributed by atoms with Gasteiger partial charge in [0.25, 0.3) is 0 Å². The number of carboxylic acid groups (broad SMARTS) is 1. The first-order valence-electron chi connectivity index (χ1n) is 9.35. The van der Waals surface area contributed by atoms with Crippen molar-refractivity contribution in [2.24, 2.45) is 5.92 Å². The summed E-state index contributed by atoms with van der Waals surface area (Å²) >= 11 is 0. The smallest absolute Gasteiger partial charge is 0.335 e. The van der Waals surface area contributed by atoms with E-state index in [9.17, 15) is 14.3 Å². The Kier molecular flexibility index (Phi) is 6.07. The number of carbonyl (C=O) groups is 1. The van der Waals surface area contributed by atoms with Gasteiger partial charge < -0.3 is 10.0 Å². The minimum atomic E-state index is -0.914. The Balaban J connectivity index is 1.87. The van der Waals surface area contributed by atoms with Gasteiger partial charge in [-0.05, 0) is 80.6 Å².